The third-order valence-corrected chi connectivity index (χ3v) is 6.75. The van der Waals surface area contributed by atoms with Gasteiger partial charge < -0.3 is 15.3 Å². The number of carboxylic acid groups (broad SMARTS) is 1. The van der Waals surface area contributed by atoms with E-state index in [0.29, 0.717) is 16.8 Å². The van der Waals surface area contributed by atoms with E-state index in [1.165, 1.54) is 25.0 Å². The molecule has 0 aromatic carbocycles. The minimum absolute atomic E-state index is 0.0666. The van der Waals surface area contributed by atoms with Crippen LogP contribution in [0.2, 0.25) is 0 Å². The fourth-order valence-electron chi connectivity index (χ4n) is 4.55. The number of rotatable bonds is 5. The summed E-state index contributed by atoms with van der Waals surface area (Å²) in [7, 11) is 0. The van der Waals surface area contributed by atoms with E-state index in [1.54, 1.807) is 6.92 Å². The molecule has 10 heteroatoms. The first kappa shape index (κ1) is 21.3. The third-order valence-electron chi connectivity index (χ3n) is 6.75. The fraction of sp³-hybridized carbons (Fsp3) is 0.391. The van der Waals surface area contributed by atoms with Gasteiger partial charge in [0.1, 0.15) is 34.5 Å². The maximum Gasteiger partial charge on any atom is 0.339 e. The lowest BCUT2D eigenvalue weighted by Gasteiger charge is -2.33. The van der Waals surface area contributed by atoms with Crippen LogP contribution in [0.1, 0.15) is 54.6 Å². The van der Waals surface area contributed by atoms with E-state index >= 15 is 0 Å². The second-order valence-electron chi connectivity index (χ2n) is 8.97. The van der Waals surface area contributed by atoms with Crippen molar-refractivity contribution in [1.29, 1.82) is 0 Å². The predicted octanol–water partition coefficient (Wildman–Crippen LogP) is 3.62. The van der Waals surface area contributed by atoms with Crippen LogP contribution in [0.25, 0.3) is 5.65 Å². The summed E-state index contributed by atoms with van der Waals surface area (Å²) < 4.78 is 29.0. The average molecular weight is 455 g/mol. The summed E-state index contributed by atoms with van der Waals surface area (Å²) >= 11 is 0. The molecule has 1 aliphatic heterocycles. The average Bonchev–Trinajstić information content (AvgIpc) is 3.54. The molecule has 5 rings (SSSR count). The largest absolute Gasteiger partial charge is 0.478 e. The van der Waals surface area contributed by atoms with Gasteiger partial charge in [-0.25, -0.2) is 23.5 Å². The van der Waals surface area contributed by atoms with Crippen LogP contribution in [0, 0.1) is 17.0 Å². The van der Waals surface area contributed by atoms with Crippen LogP contribution in [0.4, 0.5) is 20.4 Å². The van der Waals surface area contributed by atoms with Crippen molar-refractivity contribution in [3.63, 3.8) is 0 Å². The number of fused-ring (bicyclic) bond motifs is 1. The van der Waals surface area contributed by atoms with Crippen molar-refractivity contribution in [2.75, 3.05) is 23.3 Å². The second kappa shape index (κ2) is 7.79. The Morgan fingerprint density at radius 3 is 2.55 bits per heavy atom. The van der Waals surface area contributed by atoms with Crippen LogP contribution in [-0.2, 0) is 0 Å². The Bertz CT molecular complexity index is 1310. The Balaban J connectivity index is 1.53. The molecule has 1 saturated heterocycles. The molecule has 1 atom stereocenters. The van der Waals surface area contributed by atoms with Crippen LogP contribution < -0.4 is 15.8 Å². The molecule has 1 aliphatic carbocycles. The van der Waals surface area contributed by atoms with Gasteiger partial charge in [-0.05, 0) is 50.2 Å². The molecule has 0 amide bonds. The van der Waals surface area contributed by atoms with Crippen LogP contribution >= 0.6 is 0 Å². The molecule has 1 spiro atoms. The van der Waals surface area contributed by atoms with Crippen molar-refractivity contribution in [2.45, 2.75) is 38.6 Å². The lowest BCUT2D eigenvalue weighted by Crippen LogP contribution is -2.36. The van der Waals surface area contributed by atoms with E-state index in [1.807, 2.05) is 0 Å². The summed E-state index contributed by atoms with van der Waals surface area (Å²) in [4.78, 5) is 34.9. The molecule has 0 radical (unpaired) electrons. The van der Waals surface area contributed by atoms with E-state index in [2.05, 4.69) is 20.2 Å². The van der Waals surface area contributed by atoms with Crippen molar-refractivity contribution in [3.8, 4) is 0 Å². The highest BCUT2D eigenvalue weighted by Crippen LogP contribution is 2.53. The molecular formula is C23H23F2N5O3. The maximum absolute atomic E-state index is 14.4. The first-order valence-corrected chi connectivity index (χ1v) is 10.9. The Labute approximate surface area is 187 Å². The summed E-state index contributed by atoms with van der Waals surface area (Å²) in [6, 6.07) is 2.86. The number of piperidine rings is 1. The maximum atomic E-state index is 14.4. The SMILES string of the molecule is C[C@@H](Nc1ncc(F)cc1C(=O)O)c1cc(F)cn2c(=O)cc(N3CCC4(CC3)CC4)nc12. The van der Waals surface area contributed by atoms with E-state index in [-0.39, 0.29) is 17.0 Å². The van der Waals surface area contributed by atoms with Crippen molar-refractivity contribution >= 4 is 23.3 Å². The number of pyridine rings is 2. The minimum atomic E-state index is -1.35. The summed E-state index contributed by atoms with van der Waals surface area (Å²) in [5.74, 6) is -2.29. The summed E-state index contributed by atoms with van der Waals surface area (Å²) in [6.07, 6.45) is 6.63. The third kappa shape index (κ3) is 4.01. The molecule has 4 heterocycles. The standard InChI is InChI=1S/C23H23F2N5O3/c1-13(27-20-17(22(32)33)8-14(24)11-26-20)16-9-15(25)12-30-19(31)10-18(28-21(16)30)29-6-4-23(2-3-23)5-7-29/h8-13H,2-7H2,1H3,(H,26,27)(H,32,33)/t13-/m1/s1. The molecular weight excluding hydrogens is 432 g/mol. The minimum Gasteiger partial charge on any atom is -0.478 e. The number of nitrogens with one attached hydrogen (secondary N) is 1. The highest BCUT2D eigenvalue weighted by atomic mass is 19.1. The van der Waals surface area contributed by atoms with Crippen molar-refractivity contribution in [2.24, 2.45) is 5.41 Å². The van der Waals surface area contributed by atoms with Gasteiger partial charge in [-0.1, -0.05) is 0 Å². The van der Waals surface area contributed by atoms with E-state index in [9.17, 15) is 23.5 Å². The lowest BCUT2D eigenvalue weighted by molar-refractivity contribution is 0.0697. The molecule has 2 fully saturated rings. The van der Waals surface area contributed by atoms with Gasteiger partial charge in [0.05, 0.1) is 12.2 Å². The monoisotopic (exact) mass is 455 g/mol. The Morgan fingerprint density at radius 2 is 1.88 bits per heavy atom. The first-order valence-electron chi connectivity index (χ1n) is 10.9. The number of anilines is 2. The zero-order chi connectivity index (χ0) is 23.3. The van der Waals surface area contributed by atoms with Crippen molar-refractivity contribution in [3.05, 3.63) is 63.7 Å². The van der Waals surface area contributed by atoms with Gasteiger partial charge >= 0.3 is 5.97 Å². The first-order chi connectivity index (χ1) is 15.7. The number of carboxylic acids is 1. The normalized spacial score (nSPS) is 17.8. The molecule has 2 N–H and O–H groups in total. The van der Waals surface area contributed by atoms with E-state index < -0.39 is 29.2 Å². The zero-order valence-electron chi connectivity index (χ0n) is 18.0. The Hall–Kier alpha value is -3.56. The van der Waals surface area contributed by atoms with Crippen LogP contribution in [0.3, 0.4) is 0 Å². The second-order valence-corrected chi connectivity index (χ2v) is 8.97. The molecule has 33 heavy (non-hydrogen) atoms. The fourth-order valence-corrected chi connectivity index (χ4v) is 4.55. The Kier molecular flexibility index (Phi) is 5.02. The van der Waals surface area contributed by atoms with Crippen molar-refractivity contribution < 1.29 is 18.7 Å². The number of aromatic nitrogens is 3. The number of aromatic carboxylic acids is 1. The molecule has 3 aromatic rings. The number of nitrogens with zero attached hydrogens (tertiary/aromatic N) is 4. The molecule has 1 saturated carbocycles. The number of carbonyl (C=O) groups is 1. The Morgan fingerprint density at radius 1 is 1.15 bits per heavy atom. The zero-order valence-corrected chi connectivity index (χ0v) is 18.0. The topological polar surface area (TPSA) is 99.8 Å². The number of halogens is 2. The van der Waals surface area contributed by atoms with Gasteiger partial charge in [0.2, 0.25) is 0 Å². The predicted molar refractivity (Wildman–Crippen MR) is 118 cm³/mol. The van der Waals surface area contributed by atoms with Crippen LogP contribution in [-0.4, -0.2) is 38.5 Å². The number of hydrogen-bond donors (Lipinski definition) is 2. The van der Waals surface area contributed by atoms with Gasteiger partial charge in [-0.2, -0.15) is 0 Å². The molecule has 0 bridgehead atoms. The molecule has 3 aromatic heterocycles. The number of hydrogen-bond acceptors (Lipinski definition) is 6. The smallest absolute Gasteiger partial charge is 0.339 e. The van der Waals surface area contributed by atoms with Gasteiger partial charge in [0.15, 0.2) is 0 Å². The van der Waals surface area contributed by atoms with Gasteiger partial charge in [-0.15, -0.1) is 0 Å². The van der Waals surface area contributed by atoms with E-state index in [0.717, 1.165) is 48.8 Å². The molecule has 0 unspecified atom stereocenters. The summed E-state index contributed by atoms with van der Waals surface area (Å²) in [5, 5.41) is 12.3. The van der Waals surface area contributed by atoms with Gasteiger partial charge in [0.25, 0.3) is 5.56 Å². The van der Waals surface area contributed by atoms with Gasteiger partial charge in [0, 0.05) is 30.9 Å². The molecule has 172 valence electrons. The highest BCUT2D eigenvalue weighted by Gasteiger charge is 2.44. The summed E-state index contributed by atoms with van der Waals surface area (Å²) in [6.45, 7) is 3.30. The van der Waals surface area contributed by atoms with Crippen LogP contribution in [0.15, 0.2) is 35.4 Å². The van der Waals surface area contributed by atoms with Crippen molar-refractivity contribution in [1.82, 2.24) is 14.4 Å². The molecule has 8 nitrogen and oxygen atoms in total. The lowest BCUT2D eigenvalue weighted by atomic mass is 9.94. The molecule has 2 aliphatic rings. The summed E-state index contributed by atoms with van der Waals surface area (Å²) in [5.41, 5.74) is 0.340. The van der Waals surface area contributed by atoms with Crippen LogP contribution in [0.5, 0.6) is 0 Å². The quantitative estimate of drug-likeness (QED) is 0.606. The highest BCUT2D eigenvalue weighted by molar-refractivity contribution is 5.93. The van der Waals surface area contributed by atoms with Gasteiger partial charge in [-0.3, -0.25) is 9.20 Å². The van der Waals surface area contributed by atoms with E-state index in [4.69, 9.17) is 0 Å².